The molecular weight excluding hydrogens is 299 g/mol. The first-order valence-electron chi connectivity index (χ1n) is 6.51. The van der Waals surface area contributed by atoms with Crippen molar-refractivity contribution in [3.63, 3.8) is 0 Å². The molecular formula is C14H14Cl2N2O2. The van der Waals surface area contributed by atoms with Gasteiger partial charge in [0.15, 0.2) is 0 Å². The summed E-state index contributed by atoms with van der Waals surface area (Å²) in [4.78, 5) is 19.3. The maximum atomic E-state index is 12.1. The van der Waals surface area contributed by atoms with Crippen LogP contribution in [0.15, 0.2) is 16.9 Å². The lowest BCUT2D eigenvalue weighted by molar-refractivity contribution is 0.175. The number of fused-ring (bicyclic) bond motifs is 1. The summed E-state index contributed by atoms with van der Waals surface area (Å²) in [7, 11) is 0. The van der Waals surface area contributed by atoms with Crippen LogP contribution in [0.3, 0.4) is 0 Å². The molecule has 0 aromatic carbocycles. The van der Waals surface area contributed by atoms with Crippen molar-refractivity contribution in [3.8, 4) is 0 Å². The molecule has 2 aliphatic carbocycles. The van der Waals surface area contributed by atoms with E-state index >= 15 is 0 Å². The minimum atomic E-state index is -0.681. The molecule has 6 heteroatoms. The summed E-state index contributed by atoms with van der Waals surface area (Å²) < 4.78 is 0. The van der Waals surface area contributed by atoms with E-state index < -0.39 is 6.10 Å². The first-order chi connectivity index (χ1) is 9.54. The Balaban J connectivity index is 2.10. The number of aliphatic hydroxyl groups excluding tert-OH is 1. The summed E-state index contributed by atoms with van der Waals surface area (Å²) in [5.41, 5.74) is -0.223. The Hall–Kier alpha value is -1.10. The van der Waals surface area contributed by atoms with Crippen LogP contribution < -0.4 is 16.1 Å². The average molecular weight is 313 g/mol. The van der Waals surface area contributed by atoms with Gasteiger partial charge in [0, 0.05) is 5.92 Å². The van der Waals surface area contributed by atoms with Crippen LogP contribution in [0.2, 0.25) is 0 Å². The first kappa shape index (κ1) is 13.9. The predicted molar refractivity (Wildman–Crippen MR) is 79.4 cm³/mol. The Morgan fingerprint density at radius 2 is 2.10 bits per heavy atom. The molecule has 0 spiro atoms. The van der Waals surface area contributed by atoms with Gasteiger partial charge in [0.05, 0.1) is 27.4 Å². The third-order valence-corrected chi connectivity index (χ3v) is 4.27. The lowest BCUT2D eigenvalue weighted by atomic mass is 9.90. The van der Waals surface area contributed by atoms with Crippen LogP contribution >= 0.6 is 23.2 Å². The zero-order chi connectivity index (χ0) is 14.3. The van der Waals surface area contributed by atoms with E-state index in [0.717, 1.165) is 0 Å². The second kappa shape index (κ2) is 5.35. The SMILES string of the molecule is O=c1[nH]c(C2CC(Cl)C=CC2O)nc2c1=CC(Cl)CC=2. The van der Waals surface area contributed by atoms with Gasteiger partial charge in [-0.1, -0.05) is 24.3 Å². The molecule has 4 atom stereocenters. The number of alkyl halides is 2. The number of allylic oxidation sites excluding steroid dienone is 1. The quantitative estimate of drug-likeness (QED) is 0.581. The van der Waals surface area contributed by atoms with Crippen molar-refractivity contribution in [2.75, 3.05) is 0 Å². The third-order valence-electron chi connectivity index (χ3n) is 3.65. The summed E-state index contributed by atoms with van der Waals surface area (Å²) in [5.74, 6) is 0.191. The lowest BCUT2D eigenvalue weighted by Crippen LogP contribution is -2.47. The fourth-order valence-corrected chi connectivity index (χ4v) is 3.08. The van der Waals surface area contributed by atoms with E-state index in [1.54, 1.807) is 18.2 Å². The van der Waals surface area contributed by atoms with E-state index in [-0.39, 0.29) is 22.2 Å². The van der Waals surface area contributed by atoms with Gasteiger partial charge in [-0.2, -0.15) is 0 Å². The number of H-pyrrole nitrogens is 1. The molecule has 4 unspecified atom stereocenters. The van der Waals surface area contributed by atoms with Gasteiger partial charge in [-0.25, -0.2) is 4.98 Å². The molecule has 0 saturated carbocycles. The van der Waals surface area contributed by atoms with Crippen LogP contribution in [-0.2, 0) is 0 Å². The van der Waals surface area contributed by atoms with Gasteiger partial charge in [-0.3, -0.25) is 4.79 Å². The Morgan fingerprint density at radius 1 is 1.30 bits per heavy atom. The Bertz CT molecular complexity index is 726. The molecule has 0 radical (unpaired) electrons. The van der Waals surface area contributed by atoms with Gasteiger partial charge in [-0.15, -0.1) is 23.2 Å². The molecule has 4 nitrogen and oxygen atoms in total. The Labute approximate surface area is 125 Å². The number of halogens is 2. The van der Waals surface area contributed by atoms with Crippen LogP contribution in [0.1, 0.15) is 24.6 Å². The lowest BCUT2D eigenvalue weighted by Gasteiger charge is -2.25. The van der Waals surface area contributed by atoms with E-state index in [4.69, 9.17) is 23.2 Å². The molecule has 1 aromatic heterocycles. The summed E-state index contributed by atoms with van der Waals surface area (Å²) in [6.45, 7) is 0. The molecule has 0 aliphatic heterocycles. The molecule has 2 N–H and O–H groups in total. The van der Waals surface area contributed by atoms with Crippen molar-refractivity contribution < 1.29 is 5.11 Å². The highest BCUT2D eigenvalue weighted by Crippen LogP contribution is 2.28. The van der Waals surface area contributed by atoms with E-state index in [1.807, 2.05) is 6.08 Å². The second-order valence-electron chi connectivity index (χ2n) is 5.11. The van der Waals surface area contributed by atoms with Crippen LogP contribution in [-0.4, -0.2) is 31.9 Å². The highest BCUT2D eigenvalue weighted by Gasteiger charge is 2.27. The second-order valence-corrected chi connectivity index (χ2v) is 6.23. The van der Waals surface area contributed by atoms with Crippen molar-refractivity contribution in [2.45, 2.75) is 35.6 Å². The van der Waals surface area contributed by atoms with Crippen LogP contribution in [0, 0.1) is 0 Å². The Morgan fingerprint density at radius 3 is 2.90 bits per heavy atom. The van der Waals surface area contributed by atoms with Gasteiger partial charge in [0.25, 0.3) is 5.56 Å². The average Bonchev–Trinajstić information content (AvgIpc) is 2.42. The maximum Gasteiger partial charge on any atom is 0.258 e. The molecule has 0 fully saturated rings. The zero-order valence-corrected chi connectivity index (χ0v) is 12.1. The van der Waals surface area contributed by atoms with E-state index in [9.17, 15) is 9.90 Å². The van der Waals surface area contributed by atoms with Gasteiger partial charge in [0.1, 0.15) is 5.82 Å². The molecule has 1 aromatic rings. The van der Waals surface area contributed by atoms with Gasteiger partial charge in [-0.05, 0) is 12.8 Å². The molecule has 0 amide bonds. The highest BCUT2D eigenvalue weighted by atomic mass is 35.5. The number of aromatic nitrogens is 2. The number of nitrogens with zero attached hydrogens (tertiary/aromatic N) is 1. The van der Waals surface area contributed by atoms with Crippen molar-refractivity contribution in [1.82, 2.24) is 9.97 Å². The normalized spacial score (nSPS) is 32.1. The molecule has 2 aliphatic rings. The number of aromatic amines is 1. The minimum Gasteiger partial charge on any atom is -0.388 e. The van der Waals surface area contributed by atoms with E-state index in [1.165, 1.54) is 0 Å². The predicted octanol–water partition coefficient (Wildman–Crippen LogP) is 0.354. The fourth-order valence-electron chi connectivity index (χ4n) is 2.59. The van der Waals surface area contributed by atoms with Crippen molar-refractivity contribution in [1.29, 1.82) is 0 Å². The van der Waals surface area contributed by atoms with E-state index in [2.05, 4.69) is 9.97 Å². The molecule has 3 rings (SSSR count). The monoisotopic (exact) mass is 312 g/mol. The van der Waals surface area contributed by atoms with Crippen LogP contribution in [0.25, 0.3) is 12.2 Å². The molecule has 1 heterocycles. The minimum absolute atomic E-state index is 0.160. The first-order valence-corrected chi connectivity index (χ1v) is 7.38. The van der Waals surface area contributed by atoms with Gasteiger partial charge >= 0.3 is 0 Å². The highest BCUT2D eigenvalue weighted by molar-refractivity contribution is 6.24. The summed E-state index contributed by atoms with van der Waals surface area (Å²) >= 11 is 12.1. The number of aliphatic hydroxyl groups is 1. The number of nitrogens with one attached hydrogen (secondary N) is 1. The summed E-state index contributed by atoms with van der Waals surface area (Å²) in [5, 5.41) is 10.8. The van der Waals surface area contributed by atoms with Crippen molar-refractivity contribution in [3.05, 3.63) is 38.9 Å². The molecule has 106 valence electrons. The fraction of sp³-hybridized carbons (Fsp3) is 0.429. The third kappa shape index (κ3) is 2.55. The van der Waals surface area contributed by atoms with E-state index in [0.29, 0.717) is 29.2 Å². The summed E-state index contributed by atoms with van der Waals surface area (Å²) in [6.07, 6.45) is 7.49. The topological polar surface area (TPSA) is 66.0 Å². The molecule has 0 bridgehead atoms. The van der Waals surface area contributed by atoms with Gasteiger partial charge < -0.3 is 10.1 Å². The standard InChI is InChI=1S/C14H14Cl2N2O2/c15-7-1-3-11-9(5-7)14(20)18-13(17-11)10-6-8(16)2-4-12(10)19/h2-5,7-8,10,12,19H,1,6H2,(H,17,18,20). The van der Waals surface area contributed by atoms with Crippen LogP contribution in [0.4, 0.5) is 0 Å². The van der Waals surface area contributed by atoms with Crippen LogP contribution in [0.5, 0.6) is 0 Å². The molecule has 20 heavy (non-hydrogen) atoms. The Kier molecular flexibility index (Phi) is 3.71. The number of hydrogen-bond acceptors (Lipinski definition) is 3. The number of rotatable bonds is 1. The van der Waals surface area contributed by atoms with Gasteiger partial charge in [0.2, 0.25) is 0 Å². The maximum absolute atomic E-state index is 12.1. The van der Waals surface area contributed by atoms with Crippen molar-refractivity contribution in [2.24, 2.45) is 0 Å². The smallest absolute Gasteiger partial charge is 0.258 e. The molecule has 0 saturated heterocycles. The number of hydrogen-bond donors (Lipinski definition) is 2. The van der Waals surface area contributed by atoms with Crippen molar-refractivity contribution >= 4 is 35.4 Å². The zero-order valence-electron chi connectivity index (χ0n) is 10.6. The summed E-state index contributed by atoms with van der Waals surface area (Å²) in [6, 6.07) is 0. The largest absolute Gasteiger partial charge is 0.388 e.